The Kier molecular flexibility index (Phi) is 6.45. The van der Waals surface area contributed by atoms with Crippen LogP contribution >= 0.6 is 39.5 Å². The first kappa shape index (κ1) is 19.1. The molecule has 0 aliphatic carbocycles. The maximum Gasteiger partial charge on any atom is 0.244 e. The molecule has 4 nitrogen and oxygen atoms in total. The molecule has 0 fully saturated rings. The first-order valence-electron chi connectivity index (χ1n) is 7.71. The van der Waals surface area contributed by atoms with E-state index in [9.17, 15) is 4.79 Å². The van der Waals surface area contributed by atoms with E-state index < -0.39 is 0 Å². The van der Waals surface area contributed by atoms with Crippen LogP contribution < -0.4 is 9.47 Å². The Morgan fingerprint density at radius 2 is 1.96 bits per heavy atom. The molecule has 0 N–H and O–H groups in total. The van der Waals surface area contributed by atoms with Gasteiger partial charge < -0.3 is 9.47 Å². The highest BCUT2D eigenvalue weighted by Crippen LogP contribution is 2.38. The van der Waals surface area contributed by atoms with Gasteiger partial charge in [-0.3, -0.25) is 4.79 Å². The number of thioether (sulfide) groups is 2. The van der Waals surface area contributed by atoms with E-state index in [1.807, 2.05) is 30.3 Å². The first-order chi connectivity index (χ1) is 12.6. The van der Waals surface area contributed by atoms with E-state index in [1.54, 1.807) is 32.1 Å². The number of halogens is 1. The maximum atomic E-state index is 12.3. The number of ether oxygens (including phenoxy) is 2. The molecule has 0 spiro atoms. The molecule has 1 aliphatic rings. The molecule has 3 rings (SSSR count). The highest BCUT2D eigenvalue weighted by molar-refractivity contribution is 9.10. The summed E-state index contributed by atoms with van der Waals surface area (Å²) >= 11 is 6.17. The van der Waals surface area contributed by atoms with Gasteiger partial charge in [-0.2, -0.15) is 0 Å². The topological polar surface area (TPSA) is 47.9 Å². The minimum Gasteiger partial charge on any atom is -0.493 e. The molecule has 0 unspecified atom stereocenters. The third-order valence-electron chi connectivity index (χ3n) is 3.57. The van der Waals surface area contributed by atoms with Crippen LogP contribution in [0.1, 0.15) is 11.1 Å². The SMILES string of the molecule is COc1cc(Br)cc(C=C2N=C(SCc3ccccc3)SC2=O)c1OC. The summed E-state index contributed by atoms with van der Waals surface area (Å²) in [4.78, 5) is 16.8. The molecule has 0 radical (unpaired) electrons. The number of rotatable bonds is 5. The molecular weight excluding hydrogens is 434 g/mol. The van der Waals surface area contributed by atoms with Gasteiger partial charge in [0.2, 0.25) is 5.12 Å². The molecule has 0 aromatic heterocycles. The number of carbonyl (C=O) groups is 1. The second-order valence-corrected chi connectivity index (χ2v) is 8.40. The van der Waals surface area contributed by atoms with Crippen molar-refractivity contribution in [3.63, 3.8) is 0 Å². The lowest BCUT2D eigenvalue weighted by Crippen LogP contribution is -1.95. The van der Waals surface area contributed by atoms with Crippen LogP contribution in [0.2, 0.25) is 0 Å². The number of hydrogen-bond acceptors (Lipinski definition) is 6. The van der Waals surface area contributed by atoms with Crippen molar-refractivity contribution < 1.29 is 14.3 Å². The van der Waals surface area contributed by atoms with Crippen LogP contribution in [0.15, 0.2) is 57.6 Å². The monoisotopic (exact) mass is 449 g/mol. The van der Waals surface area contributed by atoms with Crippen molar-refractivity contribution in [2.24, 2.45) is 4.99 Å². The predicted molar refractivity (Wildman–Crippen MR) is 113 cm³/mol. The summed E-state index contributed by atoms with van der Waals surface area (Å²) in [6, 6.07) is 13.8. The van der Waals surface area contributed by atoms with E-state index in [4.69, 9.17) is 9.47 Å². The van der Waals surface area contributed by atoms with E-state index in [1.165, 1.54) is 5.56 Å². The van der Waals surface area contributed by atoms with Crippen LogP contribution in [0.5, 0.6) is 11.5 Å². The molecule has 1 heterocycles. The number of nitrogens with zero attached hydrogens (tertiary/aromatic N) is 1. The van der Waals surface area contributed by atoms with Crippen molar-refractivity contribution in [2.75, 3.05) is 14.2 Å². The minimum atomic E-state index is -0.0680. The van der Waals surface area contributed by atoms with E-state index >= 15 is 0 Å². The lowest BCUT2D eigenvalue weighted by atomic mass is 10.1. The molecule has 0 bridgehead atoms. The van der Waals surface area contributed by atoms with Crippen molar-refractivity contribution in [3.8, 4) is 11.5 Å². The number of aliphatic imine (C=N–C) groups is 1. The van der Waals surface area contributed by atoms with Crippen LogP contribution in [0.3, 0.4) is 0 Å². The zero-order valence-electron chi connectivity index (χ0n) is 14.2. The summed E-state index contributed by atoms with van der Waals surface area (Å²) < 4.78 is 12.4. The average molecular weight is 450 g/mol. The summed E-state index contributed by atoms with van der Waals surface area (Å²) in [5.74, 6) is 1.94. The van der Waals surface area contributed by atoms with Crippen LogP contribution in [0.4, 0.5) is 0 Å². The minimum absolute atomic E-state index is 0.0680. The standard InChI is InChI=1S/C19H16BrNO3S2/c1-23-16-10-14(20)8-13(17(16)24-2)9-15-18(22)26-19(21-15)25-11-12-6-4-3-5-7-12/h3-10H,11H2,1-2H3. The van der Waals surface area contributed by atoms with Gasteiger partial charge in [0.1, 0.15) is 10.1 Å². The summed E-state index contributed by atoms with van der Waals surface area (Å²) in [5, 5.41) is -0.0680. The molecule has 0 saturated heterocycles. The molecule has 0 amide bonds. The molecular formula is C19H16BrNO3S2. The van der Waals surface area contributed by atoms with Crippen LogP contribution in [-0.4, -0.2) is 23.7 Å². The summed E-state index contributed by atoms with van der Waals surface area (Å²) in [7, 11) is 3.15. The third kappa shape index (κ3) is 4.52. The van der Waals surface area contributed by atoms with Crippen molar-refractivity contribution in [1.82, 2.24) is 0 Å². The van der Waals surface area contributed by atoms with Gasteiger partial charge >= 0.3 is 0 Å². The highest BCUT2D eigenvalue weighted by Gasteiger charge is 2.23. The van der Waals surface area contributed by atoms with Crippen LogP contribution in [0, 0.1) is 0 Å². The summed E-state index contributed by atoms with van der Waals surface area (Å²) in [5.41, 5.74) is 2.34. The fourth-order valence-corrected chi connectivity index (χ4v) is 4.64. The first-order valence-corrected chi connectivity index (χ1v) is 10.3. The second-order valence-electron chi connectivity index (χ2n) is 5.30. The zero-order chi connectivity index (χ0) is 18.5. The smallest absolute Gasteiger partial charge is 0.244 e. The molecule has 0 atom stereocenters. The molecule has 134 valence electrons. The molecule has 7 heteroatoms. The van der Waals surface area contributed by atoms with E-state index in [2.05, 4.69) is 33.1 Å². The largest absolute Gasteiger partial charge is 0.493 e. The van der Waals surface area contributed by atoms with E-state index in [0.717, 1.165) is 31.9 Å². The fraction of sp³-hybridized carbons (Fsp3) is 0.158. The van der Waals surface area contributed by atoms with E-state index in [-0.39, 0.29) is 5.12 Å². The lowest BCUT2D eigenvalue weighted by Gasteiger charge is -2.11. The molecule has 0 saturated carbocycles. The van der Waals surface area contributed by atoms with Gasteiger partial charge in [-0.1, -0.05) is 58.0 Å². The van der Waals surface area contributed by atoms with Crippen LogP contribution in [-0.2, 0) is 10.5 Å². The maximum absolute atomic E-state index is 12.3. The number of carbonyl (C=O) groups excluding carboxylic acids is 1. The van der Waals surface area contributed by atoms with Gasteiger partial charge in [0, 0.05) is 15.8 Å². The Balaban J connectivity index is 1.83. The van der Waals surface area contributed by atoms with Crippen molar-refractivity contribution >= 4 is 55.0 Å². The predicted octanol–water partition coefficient (Wildman–Crippen LogP) is 5.37. The number of hydrogen-bond donors (Lipinski definition) is 0. The molecule has 2 aromatic carbocycles. The van der Waals surface area contributed by atoms with Gasteiger partial charge in [-0.15, -0.1) is 0 Å². The fourth-order valence-electron chi connectivity index (χ4n) is 2.38. The summed E-state index contributed by atoms with van der Waals surface area (Å²) in [6.07, 6.45) is 1.73. The summed E-state index contributed by atoms with van der Waals surface area (Å²) in [6.45, 7) is 0. The van der Waals surface area contributed by atoms with Crippen molar-refractivity contribution in [1.29, 1.82) is 0 Å². The quantitative estimate of drug-likeness (QED) is 0.574. The third-order valence-corrected chi connectivity index (χ3v) is 6.11. The number of methoxy groups -OCH3 is 2. The van der Waals surface area contributed by atoms with E-state index in [0.29, 0.717) is 17.2 Å². The number of benzene rings is 2. The highest BCUT2D eigenvalue weighted by atomic mass is 79.9. The Bertz CT molecular complexity index is 882. The van der Waals surface area contributed by atoms with Gasteiger partial charge in [0.25, 0.3) is 0 Å². The Morgan fingerprint density at radius 1 is 1.19 bits per heavy atom. The molecule has 26 heavy (non-hydrogen) atoms. The van der Waals surface area contributed by atoms with Gasteiger partial charge in [-0.05, 0) is 35.5 Å². The van der Waals surface area contributed by atoms with Gasteiger partial charge in [-0.25, -0.2) is 4.99 Å². The van der Waals surface area contributed by atoms with Crippen LogP contribution in [0.25, 0.3) is 6.08 Å². The molecule has 2 aromatic rings. The Labute approximate surface area is 169 Å². The molecule has 1 aliphatic heterocycles. The van der Waals surface area contributed by atoms with Crippen molar-refractivity contribution in [3.05, 3.63) is 63.8 Å². The zero-order valence-corrected chi connectivity index (χ0v) is 17.4. The Hall–Kier alpha value is -1.70. The lowest BCUT2D eigenvalue weighted by molar-refractivity contribution is -0.107. The van der Waals surface area contributed by atoms with Crippen molar-refractivity contribution in [2.45, 2.75) is 5.75 Å². The average Bonchev–Trinajstić information content (AvgIpc) is 3.00. The van der Waals surface area contributed by atoms with Gasteiger partial charge in [0.05, 0.1) is 14.2 Å². The second kappa shape index (κ2) is 8.79. The van der Waals surface area contributed by atoms with Gasteiger partial charge in [0.15, 0.2) is 11.5 Å². The Morgan fingerprint density at radius 3 is 2.65 bits per heavy atom. The normalized spacial score (nSPS) is 15.3.